The predicted octanol–water partition coefficient (Wildman–Crippen LogP) is 3.95. The Bertz CT molecular complexity index is 405. The lowest BCUT2D eigenvalue weighted by molar-refractivity contribution is -0.122. The van der Waals surface area contributed by atoms with Crippen LogP contribution in [0.4, 0.5) is 0 Å². The summed E-state index contributed by atoms with van der Waals surface area (Å²) in [5, 5.41) is 5.23. The minimum Gasteiger partial charge on any atom is -0.352 e. The number of nitrogens with one attached hydrogen (secondary N) is 1. The molecule has 1 aromatic rings. The van der Waals surface area contributed by atoms with Crippen LogP contribution in [0.25, 0.3) is 0 Å². The van der Waals surface area contributed by atoms with Crippen molar-refractivity contribution in [3.8, 4) is 0 Å². The molecule has 0 bridgehead atoms. The molecular weight excluding hydrogens is 242 g/mol. The molecule has 1 N–H and O–H groups in total. The van der Waals surface area contributed by atoms with E-state index in [9.17, 15) is 4.79 Å². The first kappa shape index (κ1) is 13.6. The van der Waals surface area contributed by atoms with Crippen LogP contribution in [0.3, 0.4) is 0 Å². The van der Waals surface area contributed by atoms with Crippen LogP contribution in [-0.4, -0.2) is 5.91 Å². The van der Waals surface area contributed by atoms with E-state index in [4.69, 9.17) is 0 Å². The average molecular weight is 265 g/mol. The lowest BCUT2D eigenvalue weighted by Gasteiger charge is -2.20. The quantitative estimate of drug-likeness (QED) is 0.877. The highest BCUT2D eigenvalue weighted by atomic mass is 32.1. The summed E-state index contributed by atoms with van der Waals surface area (Å²) in [5.41, 5.74) is 2.60. The molecule has 1 aromatic heterocycles. The summed E-state index contributed by atoms with van der Waals surface area (Å²) in [6, 6.07) is 0. The van der Waals surface area contributed by atoms with Gasteiger partial charge in [0, 0.05) is 17.8 Å². The van der Waals surface area contributed by atoms with E-state index < -0.39 is 0 Å². The predicted molar refractivity (Wildman–Crippen MR) is 76.8 cm³/mol. The Hall–Kier alpha value is -0.830. The van der Waals surface area contributed by atoms with Gasteiger partial charge in [0.05, 0.1) is 0 Å². The highest BCUT2D eigenvalue weighted by molar-refractivity contribution is 7.10. The molecule has 1 fully saturated rings. The molecule has 1 saturated carbocycles. The Morgan fingerprint density at radius 1 is 1.33 bits per heavy atom. The smallest absolute Gasteiger partial charge is 0.220 e. The van der Waals surface area contributed by atoms with Crippen molar-refractivity contribution < 1.29 is 4.79 Å². The Morgan fingerprint density at radius 2 is 2.06 bits per heavy atom. The summed E-state index contributed by atoms with van der Waals surface area (Å²) in [5.74, 6) is 0.856. The van der Waals surface area contributed by atoms with Crippen molar-refractivity contribution in [2.45, 2.75) is 58.9 Å². The molecule has 100 valence electrons. The first-order valence-corrected chi connectivity index (χ1v) is 7.85. The Kier molecular flexibility index (Phi) is 4.81. The van der Waals surface area contributed by atoms with Crippen LogP contribution in [0.15, 0.2) is 5.38 Å². The van der Waals surface area contributed by atoms with Crippen molar-refractivity contribution >= 4 is 17.2 Å². The molecule has 1 amide bonds. The average Bonchev–Trinajstić information content (AvgIpc) is 2.69. The van der Waals surface area contributed by atoms with Gasteiger partial charge in [0.2, 0.25) is 5.91 Å². The molecule has 18 heavy (non-hydrogen) atoms. The van der Waals surface area contributed by atoms with E-state index in [-0.39, 0.29) is 5.91 Å². The maximum atomic E-state index is 11.9. The topological polar surface area (TPSA) is 29.1 Å². The standard InChI is InChI=1S/C15H23NOS/c1-11-12(2)18-10-14(11)9-16-15(17)8-13-6-4-3-5-7-13/h10,13H,3-9H2,1-2H3,(H,16,17). The van der Waals surface area contributed by atoms with Gasteiger partial charge in [-0.3, -0.25) is 4.79 Å². The second kappa shape index (κ2) is 6.37. The first-order chi connectivity index (χ1) is 8.66. The van der Waals surface area contributed by atoms with Crippen LogP contribution in [-0.2, 0) is 11.3 Å². The Balaban J connectivity index is 1.76. The molecule has 0 atom stereocenters. The second-order valence-corrected chi connectivity index (χ2v) is 6.51. The fourth-order valence-corrected chi connectivity index (χ4v) is 3.54. The van der Waals surface area contributed by atoms with E-state index in [0.717, 1.165) is 6.42 Å². The number of hydrogen-bond donors (Lipinski definition) is 1. The van der Waals surface area contributed by atoms with E-state index in [2.05, 4.69) is 24.5 Å². The highest BCUT2D eigenvalue weighted by Gasteiger charge is 2.17. The highest BCUT2D eigenvalue weighted by Crippen LogP contribution is 2.26. The maximum absolute atomic E-state index is 11.9. The normalized spacial score (nSPS) is 16.8. The second-order valence-electron chi connectivity index (χ2n) is 5.43. The van der Waals surface area contributed by atoms with Crippen LogP contribution in [0.1, 0.15) is 54.5 Å². The zero-order valence-corrected chi connectivity index (χ0v) is 12.2. The molecule has 0 aromatic carbocycles. The fourth-order valence-electron chi connectivity index (χ4n) is 2.66. The molecule has 2 nitrogen and oxygen atoms in total. The van der Waals surface area contributed by atoms with Crippen molar-refractivity contribution in [3.63, 3.8) is 0 Å². The largest absolute Gasteiger partial charge is 0.352 e. The van der Waals surface area contributed by atoms with Crippen LogP contribution in [0.5, 0.6) is 0 Å². The van der Waals surface area contributed by atoms with Crippen molar-refractivity contribution in [1.29, 1.82) is 0 Å². The summed E-state index contributed by atoms with van der Waals surface area (Å²) in [7, 11) is 0. The molecule has 0 aliphatic heterocycles. The summed E-state index contributed by atoms with van der Waals surface area (Å²) < 4.78 is 0. The van der Waals surface area contributed by atoms with E-state index >= 15 is 0 Å². The number of hydrogen-bond acceptors (Lipinski definition) is 2. The van der Waals surface area contributed by atoms with Crippen molar-refractivity contribution in [2.75, 3.05) is 0 Å². The van der Waals surface area contributed by atoms with Gasteiger partial charge in [-0.25, -0.2) is 0 Å². The minimum absolute atomic E-state index is 0.227. The summed E-state index contributed by atoms with van der Waals surface area (Å²) >= 11 is 1.77. The maximum Gasteiger partial charge on any atom is 0.220 e. The van der Waals surface area contributed by atoms with Gasteiger partial charge in [-0.1, -0.05) is 19.3 Å². The van der Waals surface area contributed by atoms with Crippen LogP contribution in [0.2, 0.25) is 0 Å². The van der Waals surface area contributed by atoms with E-state index in [1.807, 2.05) is 0 Å². The molecule has 0 radical (unpaired) electrons. The van der Waals surface area contributed by atoms with Crippen LogP contribution < -0.4 is 5.32 Å². The molecular formula is C15H23NOS. The zero-order chi connectivity index (χ0) is 13.0. The number of thiophene rings is 1. The molecule has 1 heterocycles. The summed E-state index contributed by atoms with van der Waals surface area (Å²) in [4.78, 5) is 13.2. The van der Waals surface area contributed by atoms with Crippen molar-refractivity contribution in [1.82, 2.24) is 5.32 Å². The lowest BCUT2D eigenvalue weighted by atomic mass is 9.87. The summed E-state index contributed by atoms with van der Waals surface area (Å²) in [6.45, 7) is 4.96. The molecule has 0 unspecified atom stereocenters. The van der Waals surface area contributed by atoms with E-state index in [1.54, 1.807) is 11.3 Å². The molecule has 2 rings (SSSR count). The van der Waals surface area contributed by atoms with Gasteiger partial charge in [0.25, 0.3) is 0 Å². The van der Waals surface area contributed by atoms with E-state index in [1.165, 1.54) is 48.1 Å². The molecule has 3 heteroatoms. The van der Waals surface area contributed by atoms with Crippen molar-refractivity contribution in [2.24, 2.45) is 5.92 Å². The van der Waals surface area contributed by atoms with Gasteiger partial charge in [0.15, 0.2) is 0 Å². The Labute approximate surface area is 114 Å². The molecule has 0 saturated heterocycles. The van der Waals surface area contributed by atoms with Gasteiger partial charge >= 0.3 is 0 Å². The number of aryl methyl sites for hydroxylation is 1. The molecule has 0 spiro atoms. The number of rotatable bonds is 4. The minimum atomic E-state index is 0.227. The summed E-state index contributed by atoms with van der Waals surface area (Å²) in [6.07, 6.45) is 7.17. The van der Waals surface area contributed by atoms with Gasteiger partial charge < -0.3 is 5.32 Å². The number of carbonyl (C=O) groups excluding carboxylic acids is 1. The van der Waals surface area contributed by atoms with Crippen molar-refractivity contribution in [3.05, 3.63) is 21.4 Å². The third kappa shape index (κ3) is 3.58. The molecule has 1 aliphatic rings. The zero-order valence-electron chi connectivity index (χ0n) is 11.4. The molecule has 1 aliphatic carbocycles. The number of amides is 1. The van der Waals surface area contributed by atoms with Gasteiger partial charge in [0.1, 0.15) is 0 Å². The van der Waals surface area contributed by atoms with Gasteiger partial charge in [-0.15, -0.1) is 11.3 Å². The Morgan fingerprint density at radius 3 is 2.67 bits per heavy atom. The van der Waals surface area contributed by atoms with Gasteiger partial charge in [-0.2, -0.15) is 0 Å². The monoisotopic (exact) mass is 265 g/mol. The van der Waals surface area contributed by atoms with E-state index in [0.29, 0.717) is 12.5 Å². The van der Waals surface area contributed by atoms with Crippen LogP contribution in [0, 0.1) is 19.8 Å². The van der Waals surface area contributed by atoms with Gasteiger partial charge in [-0.05, 0) is 49.1 Å². The number of carbonyl (C=O) groups is 1. The first-order valence-electron chi connectivity index (χ1n) is 6.97. The fraction of sp³-hybridized carbons (Fsp3) is 0.667. The lowest BCUT2D eigenvalue weighted by Crippen LogP contribution is -2.26. The van der Waals surface area contributed by atoms with Crippen LogP contribution >= 0.6 is 11.3 Å². The third-order valence-electron chi connectivity index (χ3n) is 4.06. The third-order valence-corrected chi connectivity index (χ3v) is 5.12. The SMILES string of the molecule is Cc1scc(CNC(=O)CC2CCCCC2)c1C.